The molecule has 14 nitrogen and oxygen atoms in total. The average molecular weight is 525 g/mol. The van der Waals surface area contributed by atoms with E-state index in [-0.39, 0.29) is 12.8 Å². The predicted octanol–water partition coefficient (Wildman–Crippen LogP) is -1.79. The number of amides is 3. The summed E-state index contributed by atoms with van der Waals surface area (Å²) in [7, 11) is 0. The predicted molar refractivity (Wildman–Crippen MR) is 127 cm³/mol. The Morgan fingerprint density at radius 3 is 1.84 bits per heavy atom. The van der Waals surface area contributed by atoms with Gasteiger partial charge in [0, 0.05) is 19.3 Å². The lowest BCUT2D eigenvalue weighted by Gasteiger charge is -2.26. The van der Waals surface area contributed by atoms with Crippen LogP contribution >= 0.6 is 0 Å². The molecule has 0 spiro atoms. The zero-order valence-electron chi connectivity index (χ0n) is 20.1. The second kappa shape index (κ2) is 15.2. The number of carbonyl (C=O) groups is 6. The van der Waals surface area contributed by atoms with Crippen LogP contribution in [0, 0.1) is 0 Å². The number of hydrogen-bond acceptors (Lipinski definition) is 8. The number of nitrogens with two attached hydrogens (primary N) is 1. The van der Waals surface area contributed by atoms with Crippen molar-refractivity contribution in [2.24, 2.45) is 5.73 Å². The van der Waals surface area contributed by atoms with Crippen molar-refractivity contribution in [3.63, 3.8) is 0 Å². The molecule has 0 aliphatic carbocycles. The molecule has 9 N–H and O–H groups in total. The smallest absolute Gasteiger partial charge is 0.326 e. The maximum atomic E-state index is 12.9. The van der Waals surface area contributed by atoms with Gasteiger partial charge in [-0.15, -0.1) is 0 Å². The Morgan fingerprint density at radius 2 is 1.32 bits per heavy atom. The Bertz CT molecular complexity index is 970. The van der Waals surface area contributed by atoms with Crippen LogP contribution in [0.1, 0.15) is 38.2 Å². The highest BCUT2D eigenvalue weighted by Gasteiger charge is 2.32. The first-order chi connectivity index (χ1) is 17.3. The topological polar surface area (TPSA) is 245 Å². The molecule has 0 aliphatic heterocycles. The van der Waals surface area contributed by atoms with E-state index in [2.05, 4.69) is 16.0 Å². The molecule has 1 rings (SSSR count). The van der Waals surface area contributed by atoms with Gasteiger partial charge in [-0.3, -0.25) is 24.0 Å². The molecule has 37 heavy (non-hydrogen) atoms. The van der Waals surface area contributed by atoms with Crippen molar-refractivity contribution in [2.75, 3.05) is 0 Å². The molecule has 1 aromatic rings. The third-order valence-electron chi connectivity index (χ3n) is 5.25. The Kier molecular flexibility index (Phi) is 12.7. The maximum absolute atomic E-state index is 12.9. The van der Waals surface area contributed by atoms with Crippen LogP contribution in [-0.4, -0.2) is 86.3 Å². The van der Waals surface area contributed by atoms with Crippen LogP contribution < -0.4 is 21.7 Å². The van der Waals surface area contributed by atoms with Gasteiger partial charge in [0.05, 0.1) is 12.1 Å². The number of carboxylic acid groups (broad SMARTS) is 3. The van der Waals surface area contributed by atoms with E-state index in [0.29, 0.717) is 5.56 Å². The number of rotatable bonds is 16. The van der Waals surface area contributed by atoms with Crippen LogP contribution in [0.5, 0.6) is 0 Å². The number of carbonyl (C=O) groups excluding carboxylic acids is 3. The van der Waals surface area contributed by atoms with E-state index in [1.54, 1.807) is 30.3 Å². The Morgan fingerprint density at radius 1 is 0.784 bits per heavy atom. The van der Waals surface area contributed by atoms with E-state index in [9.17, 15) is 39.0 Å². The molecule has 5 atom stereocenters. The van der Waals surface area contributed by atoms with Crippen molar-refractivity contribution < 1.29 is 49.2 Å². The van der Waals surface area contributed by atoms with Gasteiger partial charge in [-0.1, -0.05) is 30.3 Å². The van der Waals surface area contributed by atoms with Crippen molar-refractivity contribution in [3.8, 4) is 0 Å². The number of aliphatic hydroxyl groups excluding tert-OH is 1. The number of hydrogen-bond donors (Lipinski definition) is 8. The monoisotopic (exact) mass is 524 g/mol. The molecule has 0 radical (unpaired) electrons. The Balaban J connectivity index is 2.98. The fourth-order valence-electron chi connectivity index (χ4n) is 3.20. The van der Waals surface area contributed by atoms with Crippen molar-refractivity contribution in [3.05, 3.63) is 35.9 Å². The average Bonchev–Trinajstić information content (AvgIpc) is 2.82. The maximum Gasteiger partial charge on any atom is 0.326 e. The molecule has 0 saturated heterocycles. The first kappa shape index (κ1) is 31.0. The van der Waals surface area contributed by atoms with Gasteiger partial charge in [-0.2, -0.15) is 0 Å². The van der Waals surface area contributed by atoms with E-state index in [1.807, 2.05) is 0 Å². The van der Waals surface area contributed by atoms with Gasteiger partial charge >= 0.3 is 17.9 Å². The summed E-state index contributed by atoms with van der Waals surface area (Å²) in [5, 5.41) is 44.0. The SMILES string of the molecule is CC(O)C(NC(=O)C(N)CCC(=O)O)C(=O)NC(CCC(=O)O)C(=O)NC(Cc1ccccc1)C(=O)O. The van der Waals surface area contributed by atoms with E-state index in [0.717, 1.165) is 0 Å². The fourth-order valence-corrected chi connectivity index (χ4v) is 3.20. The molecule has 1 aromatic carbocycles. The van der Waals surface area contributed by atoms with Crippen LogP contribution in [0.2, 0.25) is 0 Å². The minimum Gasteiger partial charge on any atom is -0.481 e. The van der Waals surface area contributed by atoms with Gasteiger partial charge in [0.25, 0.3) is 0 Å². The fraction of sp³-hybridized carbons (Fsp3) is 0.478. The minimum atomic E-state index is -1.62. The number of carboxylic acids is 3. The number of aliphatic hydroxyl groups is 1. The highest BCUT2D eigenvalue weighted by Crippen LogP contribution is 2.07. The second-order valence-electron chi connectivity index (χ2n) is 8.35. The summed E-state index contributed by atoms with van der Waals surface area (Å²) in [5.74, 6) is -6.79. The molecule has 0 bridgehead atoms. The molecule has 0 heterocycles. The molecular weight excluding hydrogens is 492 g/mol. The molecular formula is C23H32N4O10. The van der Waals surface area contributed by atoms with E-state index >= 15 is 0 Å². The number of aliphatic carboxylic acids is 3. The minimum absolute atomic E-state index is 0.0813. The third-order valence-corrected chi connectivity index (χ3v) is 5.25. The molecule has 3 amide bonds. The van der Waals surface area contributed by atoms with Gasteiger partial charge in [0.1, 0.15) is 18.1 Å². The van der Waals surface area contributed by atoms with Gasteiger partial charge in [-0.05, 0) is 25.3 Å². The molecule has 14 heteroatoms. The van der Waals surface area contributed by atoms with Crippen molar-refractivity contribution >= 4 is 35.6 Å². The summed E-state index contributed by atoms with van der Waals surface area (Å²) in [6.45, 7) is 1.17. The summed E-state index contributed by atoms with van der Waals surface area (Å²) in [5.41, 5.74) is 6.23. The van der Waals surface area contributed by atoms with Crippen molar-refractivity contribution in [1.82, 2.24) is 16.0 Å². The van der Waals surface area contributed by atoms with Crippen LogP contribution in [0.25, 0.3) is 0 Å². The first-order valence-corrected chi connectivity index (χ1v) is 11.4. The zero-order valence-corrected chi connectivity index (χ0v) is 20.1. The standard InChI is InChI=1S/C23H32N4O10/c1-12(28)19(27-20(33)14(24)7-9-17(29)30)22(35)25-15(8-10-18(31)32)21(34)26-16(23(36)37)11-13-5-3-2-4-6-13/h2-6,12,14-16,19,28H,7-11,24H2,1H3,(H,25,35)(H,26,34)(H,27,33)(H,29,30)(H,31,32)(H,36,37). The lowest BCUT2D eigenvalue weighted by Crippen LogP contribution is -2.60. The third kappa shape index (κ3) is 11.5. The highest BCUT2D eigenvalue weighted by molar-refractivity contribution is 5.94. The molecule has 204 valence electrons. The molecule has 0 saturated carbocycles. The summed E-state index contributed by atoms with van der Waals surface area (Å²) >= 11 is 0. The van der Waals surface area contributed by atoms with Crippen molar-refractivity contribution in [2.45, 2.75) is 69.3 Å². The van der Waals surface area contributed by atoms with Crippen molar-refractivity contribution in [1.29, 1.82) is 0 Å². The van der Waals surface area contributed by atoms with E-state index in [1.165, 1.54) is 6.92 Å². The highest BCUT2D eigenvalue weighted by atomic mass is 16.4. The molecule has 0 fully saturated rings. The molecule has 0 aromatic heterocycles. The molecule has 0 aliphatic rings. The normalized spacial score (nSPS) is 14.8. The lowest BCUT2D eigenvalue weighted by molar-refractivity contribution is -0.143. The zero-order chi connectivity index (χ0) is 28.1. The van der Waals surface area contributed by atoms with Gasteiger partial charge in [0.2, 0.25) is 17.7 Å². The van der Waals surface area contributed by atoms with Gasteiger partial charge < -0.3 is 42.1 Å². The van der Waals surface area contributed by atoms with Crippen LogP contribution in [0.15, 0.2) is 30.3 Å². The number of nitrogens with one attached hydrogen (secondary N) is 3. The van der Waals surface area contributed by atoms with Crippen LogP contribution in [-0.2, 0) is 35.2 Å². The summed E-state index contributed by atoms with van der Waals surface area (Å²) in [4.78, 5) is 71.4. The van der Waals surface area contributed by atoms with Gasteiger partial charge in [-0.25, -0.2) is 4.79 Å². The summed E-state index contributed by atoms with van der Waals surface area (Å²) in [6, 6.07) is 2.58. The second-order valence-corrected chi connectivity index (χ2v) is 8.35. The Labute approximate surface area is 212 Å². The lowest BCUT2D eigenvalue weighted by atomic mass is 10.0. The van der Waals surface area contributed by atoms with E-state index in [4.69, 9.17) is 15.9 Å². The van der Waals surface area contributed by atoms with Crippen LogP contribution in [0.3, 0.4) is 0 Å². The summed E-state index contributed by atoms with van der Waals surface area (Å²) < 4.78 is 0. The Hall–Kier alpha value is -4.04. The molecule has 5 unspecified atom stereocenters. The summed E-state index contributed by atoms with van der Waals surface area (Å²) in [6.07, 6.45) is -3.18. The quantitative estimate of drug-likeness (QED) is 0.120. The largest absolute Gasteiger partial charge is 0.481 e. The van der Waals surface area contributed by atoms with Crippen LogP contribution in [0.4, 0.5) is 0 Å². The van der Waals surface area contributed by atoms with Gasteiger partial charge in [0.15, 0.2) is 0 Å². The van der Waals surface area contributed by atoms with E-state index < -0.39 is 85.2 Å². The first-order valence-electron chi connectivity index (χ1n) is 11.4. The number of benzene rings is 1.